The Bertz CT molecular complexity index is 819. The van der Waals surface area contributed by atoms with Crippen LogP contribution in [0.2, 0.25) is 0 Å². The van der Waals surface area contributed by atoms with Gasteiger partial charge in [0.05, 0.1) is 22.9 Å². The first-order chi connectivity index (χ1) is 13.8. The van der Waals surface area contributed by atoms with Crippen LogP contribution in [0.5, 0.6) is 0 Å². The minimum absolute atomic E-state index is 0.0532. The van der Waals surface area contributed by atoms with Crippen molar-refractivity contribution in [1.29, 1.82) is 0 Å². The predicted octanol–water partition coefficient (Wildman–Crippen LogP) is 4.09. The number of ether oxygens (including phenoxy) is 1. The van der Waals surface area contributed by atoms with Crippen LogP contribution in [0.15, 0.2) is 23.1 Å². The first kappa shape index (κ1) is 24.0. The van der Waals surface area contributed by atoms with Gasteiger partial charge in [-0.25, -0.2) is 0 Å². The van der Waals surface area contributed by atoms with Crippen molar-refractivity contribution >= 4 is 35.2 Å². The second-order valence-corrected chi connectivity index (χ2v) is 8.82. The Morgan fingerprint density at radius 1 is 1.17 bits per heavy atom. The van der Waals surface area contributed by atoms with E-state index in [-0.39, 0.29) is 30.1 Å². The van der Waals surface area contributed by atoms with Gasteiger partial charge in [-0.3, -0.25) is 14.4 Å². The zero-order chi connectivity index (χ0) is 22.8. The van der Waals surface area contributed by atoms with Crippen LogP contribution in [0.25, 0.3) is 0 Å². The number of anilines is 1. The number of carbonyl (C=O) groups excluding carboxylic acids is 3. The number of nitrogens with zero attached hydrogens (tertiary/aromatic N) is 1. The van der Waals surface area contributed by atoms with Crippen LogP contribution in [0.3, 0.4) is 0 Å². The summed E-state index contributed by atoms with van der Waals surface area (Å²) < 4.78 is 43.7. The smallest absolute Gasteiger partial charge is 0.416 e. The number of alkyl halides is 3. The summed E-state index contributed by atoms with van der Waals surface area (Å²) in [4.78, 5) is 39.2. The molecular weight excluding hydrogens is 421 g/mol. The van der Waals surface area contributed by atoms with E-state index in [1.807, 2.05) is 27.7 Å². The van der Waals surface area contributed by atoms with Gasteiger partial charge in [0, 0.05) is 17.0 Å². The molecule has 0 spiro atoms. The zero-order valence-electron chi connectivity index (χ0n) is 17.4. The SMILES string of the molecule is CC(OC(=O)CC1Sc2ccc(C(F)(F)F)cc2NC1=O)C(=O)N(C(C)C)C(C)C. The van der Waals surface area contributed by atoms with Crippen molar-refractivity contribution < 1.29 is 32.3 Å². The van der Waals surface area contributed by atoms with Gasteiger partial charge in [-0.15, -0.1) is 11.8 Å². The molecule has 2 rings (SSSR count). The molecule has 1 aliphatic heterocycles. The number of thioether (sulfide) groups is 1. The molecule has 2 amide bonds. The lowest BCUT2D eigenvalue weighted by molar-refractivity contribution is -0.161. The summed E-state index contributed by atoms with van der Waals surface area (Å²) in [5.41, 5.74) is -0.815. The molecule has 1 heterocycles. The van der Waals surface area contributed by atoms with Crippen molar-refractivity contribution in [3.63, 3.8) is 0 Å². The molecule has 1 aromatic rings. The summed E-state index contributed by atoms with van der Waals surface area (Å²) in [5.74, 6) is -1.65. The maximum absolute atomic E-state index is 12.8. The van der Waals surface area contributed by atoms with Crippen LogP contribution in [0.4, 0.5) is 18.9 Å². The molecule has 2 unspecified atom stereocenters. The van der Waals surface area contributed by atoms with Gasteiger partial charge in [-0.1, -0.05) is 0 Å². The fourth-order valence-electron chi connectivity index (χ4n) is 3.22. The molecular formula is C20H25F3N2O4S. The molecule has 1 aliphatic rings. The highest BCUT2D eigenvalue weighted by Gasteiger charge is 2.35. The Kier molecular flexibility index (Phi) is 7.44. The average molecular weight is 446 g/mol. The number of nitrogens with one attached hydrogen (secondary N) is 1. The molecule has 6 nitrogen and oxygen atoms in total. The average Bonchev–Trinajstić information content (AvgIpc) is 2.60. The lowest BCUT2D eigenvalue weighted by Crippen LogP contribution is -2.47. The van der Waals surface area contributed by atoms with Gasteiger partial charge in [-0.05, 0) is 52.8 Å². The van der Waals surface area contributed by atoms with Gasteiger partial charge in [0.1, 0.15) is 0 Å². The molecule has 0 aliphatic carbocycles. The number of rotatable bonds is 6. The standard InChI is InChI=1S/C20H25F3N2O4S/c1-10(2)25(11(3)4)19(28)12(5)29-17(26)9-16-18(27)24-14-8-13(20(21,22)23)6-7-15(14)30-16/h6-8,10-12,16H,9H2,1-5H3,(H,24,27). The monoisotopic (exact) mass is 446 g/mol. The van der Waals surface area contributed by atoms with Crippen molar-refractivity contribution in [2.75, 3.05) is 5.32 Å². The fraction of sp³-hybridized carbons (Fsp3) is 0.550. The Morgan fingerprint density at radius 3 is 2.30 bits per heavy atom. The summed E-state index contributed by atoms with van der Waals surface area (Å²) >= 11 is 0.989. The normalized spacial score (nSPS) is 17.4. The van der Waals surface area contributed by atoms with Crippen molar-refractivity contribution in [3.05, 3.63) is 23.8 Å². The van der Waals surface area contributed by atoms with E-state index in [9.17, 15) is 27.6 Å². The summed E-state index contributed by atoms with van der Waals surface area (Å²) in [6.45, 7) is 8.91. The third-order valence-electron chi connectivity index (χ3n) is 4.50. The highest BCUT2D eigenvalue weighted by molar-refractivity contribution is 8.01. The summed E-state index contributed by atoms with van der Waals surface area (Å²) in [6, 6.07) is 2.90. The Hall–Kier alpha value is -2.23. The molecule has 30 heavy (non-hydrogen) atoms. The maximum Gasteiger partial charge on any atom is 0.416 e. The lowest BCUT2D eigenvalue weighted by atomic mass is 10.1. The molecule has 0 bridgehead atoms. The molecule has 2 atom stereocenters. The number of fused-ring (bicyclic) bond motifs is 1. The quantitative estimate of drug-likeness (QED) is 0.667. The fourth-order valence-corrected chi connectivity index (χ4v) is 4.30. The van der Waals surface area contributed by atoms with Crippen molar-refractivity contribution in [3.8, 4) is 0 Å². The van der Waals surface area contributed by atoms with E-state index in [0.717, 1.165) is 23.9 Å². The van der Waals surface area contributed by atoms with Crippen LogP contribution < -0.4 is 5.32 Å². The van der Waals surface area contributed by atoms with Crippen LogP contribution >= 0.6 is 11.8 Å². The minimum atomic E-state index is -4.52. The highest BCUT2D eigenvalue weighted by Crippen LogP contribution is 2.40. The lowest BCUT2D eigenvalue weighted by Gasteiger charge is -2.33. The van der Waals surface area contributed by atoms with Crippen LogP contribution in [0, 0.1) is 0 Å². The first-order valence-corrected chi connectivity index (χ1v) is 10.4. The van der Waals surface area contributed by atoms with Gasteiger partial charge >= 0.3 is 12.1 Å². The second-order valence-electron chi connectivity index (χ2n) is 7.57. The van der Waals surface area contributed by atoms with Gasteiger partial charge in [-0.2, -0.15) is 13.2 Å². The molecule has 0 saturated heterocycles. The highest BCUT2D eigenvalue weighted by atomic mass is 32.2. The number of benzene rings is 1. The molecule has 0 aromatic heterocycles. The number of halogens is 3. The van der Waals surface area contributed by atoms with E-state index >= 15 is 0 Å². The topological polar surface area (TPSA) is 75.7 Å². The molecule has 1 N–H and O–H groups in total. The first-order valence-electron chi connectivity index (χ1n) is 9.51. The molecule has 10 heteroatoms. The van der Waals surface area contributed by atoms with Crippen molar-refractivity contribution in [1.82, 2.24) is 4.90 Å². The van der Waals surface area contributed by atoms with E-state index in [1.54, 1.807) is 4.90 Å². The van der Waals surface area contributed by atoms with Crippen molar-refractivity contribution in [2.45, 2.75) is 75.5 Å². The van der Waals surface area contributed by atoms with Gasteiger partial charge in [0.25, 0.3) is 5.91 Å². The largest absolute Gasteiger partial charge is 0.452 e. The van der Waals surface area contributed by atoms with E-state index in [4.69, 9.17) is 4.74 Å². The number of hydrogen-bond donors (Lipinski definition) is 1. The number of esters is 1. The number of hydrogen-bond acceptors (Lipinski definition) is 5. The van der Waals surface area contributed by atoms with E-state index in [2.05, 4.69) is 5.32 Å². The molecule has 1 aromatic carbocycles. The third kappa shape index (κ3) is 5.68. The maximum atomic E-state index is 12.8. The minimum Gasteiger partial charge on any atom is -0.452 e. The number of amides is 2. The van der Waals surface area contributed by atoms with Crippen LogP contribution in [-0.4, -0.2) is 46.1 Å². The predicted molar refractivity (Wildman–Crippen MR) is 107 cm³/mol. The summed E-state index contributed by atoms with van der Waals surface area (Å²) in [5, 5.41) is 1.54. The molecule has 0 radical (unpaired) electrons. The number of carbonyl (C=O) groups is 3. The second kappa shape index (κ2) is 9.28. The Balaban J connectivity index is 2.02. The Labute approximate surface area is 177 Å². The zero-order valence-corrected chi connectivity index (χ0v) is 18.2. The molecule has 0 saturated carbocycles. The van der Waals surface area contributed by atoms with Gasteiger partial charge < -0.3 is 15.0 Å². The molecule has 0 fully saturated rings. The van der Waals surface area contributed by atoms with E-state index in [1.165, 1.54) is 13.0 Å². The van der Waals surface area contributed by atoms with E-state index < -0.39 is 35.0 Å². The summed E-state index contributed by atoms with van der Waals surface area (Å²) in [7, 11) is 0. The third-order valence-corrected chi connectivity index (χ3v) is 5.78. The summed E-state index contributed by atoms with van der Waals surface area (Å²) in [6.07, 6.45) is -5.84. The van der Waals surface area contributed by atoms with E-state index in [0.29, 0.717) is 4.90 Å². The van der Waals surface area contributed by atoms with Crippen molar-refractivity contribution in [2.24, 2.45) is 0 Å². The van der Waals surface area contributed by atoms with Crippen LogP contribution in [-0.2, 0) is 25.3 Å². The van der Waals surface area contributed by atoms with Crippen LogP contribution in [0.1, 0.15) is 46.6 Å². The Morgan fingerprint density at radius 2 is 1.77 bits per heavy atom. The van der Waals surface area contributed by atoms with Gasteiger partial charge in [0.15, 0.2) is 6.10 Å². The van der Waals surface area contributed by atoms with Gasteiger partial charge in [0.2, 0.25) is 5.91 Å². The molecule has 166 valence electrons.